The molecular weight excluding hydrogens is 405 g/mol. The van der Waals surface area contributed by atoms with Crippen LogP contribution in [0.5, 0.6) is 0 Å². The molecule has 0 aliphatic heterocycles. The number of rotatable bonds is 3. The molecule has 10 heteroatoms. The molecule has 0 atom stereocenters. The molecule has 0 saturated heterocycles. The first kappa shape index (κ1) is 19.8. The number of primary amides is 1. The Morgan fingerprint density at radius 2 is 1.82 bits per heavy atom. The number of amides is 1. The third-order valence-electron chi connectivity index (χ3n) is 4.04. The van der Waals surface area contributed by atoms with Crippen LogP contribution in [0.25, 0.3) is 22.4 Å². The maximum atomic E-state index is 14.7. The van der Waals surface area contributed by atoms with Gasteiger partial charge in [-0.2, -0.15) is 18.3 Å². The normalized spacial score (nSPS) is 11.7. The maximum Gasteiger partial charge on any atom is 0.435 e. The molecule has 2 N–H and O–H groups in total. The van der Waals surface area contributed by atoms with Gasteiger partial charge < -0.3 is 5.73 Å². The van der Waals surface area contributed by atoms with Gasteiger partial charge in [0.05, 0.1) is 16.3 Å². The predicted molar refractivity (Wildman–Crippen MR) is 92.5 cm³/mol. The van der Waals surface area contributed by atoms with Crippen molar-refractivity contribution in [2.24, 2.45) is 12.8 Å². The summed E-state index contributed by atoms with van der Waals surface area (Å²) < 4.78 is 68.9. The smallest absolute Gasteiger partial charge is 0.365 e. The van der Waals surface area contributed by atoms with Gasteiger partial charge in [-0.15, -0.1) is 0 Å². The van der Waals surface area contributed by atoms with Crippen molar-refractivity contribution in [2.45, 2.75) is 6.18 Å². The van der Waals surface area contributed by atoms with E-state index in [-0.39, 0.29) is 21.7 Å². The van der Waals surface area contributed by atoms with Gasteiger partial charge in [0, 0.05) is 12.6 Å². The number of aromatic nitrogens is 2. The van der Waals surface area contributed by atoms with Crippen LogP contribution >= 0.6 is 11.6 Å². The van der Waals surface area contributed by atoms with Gasteiger partial charge in [0.2, 0.25) is 0 Å². The van der Waals surface area contributed by atoms with Crippen LogP contribution in [-0.4, -0.2) is 15.7 Å². The van der Waals surface area contributed by atoms with Gasteiger partial charge in [0.25, 0.3) is 5.91 Å². The van der Waals surface area contributed by atoms with Crippen molar-refractivity contribution in [3.63, 3.8) is 0 Å². The molecule has 3 aromatic rings. The van der Waals surface area contributed by atoms with E-state index in [0.717, 1.165) is 23.9 Å². The lowest BCUT2D eigenvalue weighted by atomic mass is 9.94. The molecule has 0 spiro atoms. The Labute approximate surface area is 160 Å². The van der Waals surface area contributed by atoms with Crippen LogP contribution in [0.15, 0.2) is 36.4 Å². The average Bonchev–Trinajstić information content (AvgIpc) is 2.95. The number of nitrogens with zero attached hydrogens (tertiary/aromatic N) is 2. The van der Waals surface area contributed by atoms with Crippen LogP contribution in [0.1, 0.15) is 16.1 Å². The van der Waals surface area contributed by atoms with Crippen LogP contribution in [0, 0.1) is 11.6 Å². The van der Waals surface area contributed by atoms with Crippen molar-refractivity contribution < 1.29 is 26.7 Å². The van der Waals surface area contributed by atoms with E-state index < -0.39 is 40.7 Å². The van der Waals surface area contributed by atoms with Crippen molar-refractivity contribution in [1.29, 1.82) is 0 Å². The molecule has 0 aliphatic rings. The molecular formula is C18H11ClF5N3O. The average molecular weight is 416 g/mol. The van der Waals surface area contributed by atoms with Gasteiger partial charge in [-0.1, -0.05) is 29.8 Å². The number of carbonyl (C=O) groups excluding carboxylic acids is 1. The zero-order valence-electron chi connectivity index (χ0n) is 14.1. The summed E-state index contributed by atoms with van der Waals surface area (Å²) in [5.41, 5.74) is 2.19. The number of aryl methyl sites for hydroxylation is 1. The maximum absolute atomic E-state index is 14.7. The Kier molecular flexibility index (Phi) is 4.88. The van der Waals surface area contributed by atoms with Gasteiger partial charge in [-0.05, 0) is 29.3 Å². The zero-order chi connectivity index (χ0) is 20.8. The quantitative estimate of drug-likeness (QED) is 0.624. The standard InChI is InChI=1S/C18H11ClF5N3O/c1-27-15(14(17(25)28)16(26-27)18(22,23)24)13-9(3-2-4-12(13)21)8-5-6-11(20)10(19)7-8/h2-7H,1H3,(H2,25,28). The highest BCUT2D eigenvalue weighted by Crippen LogP contribution is 2.41. The molecule has 1 heterocycles. The summed E-state index contributed by atoms with van der Waals surface area (Å²) in [6.45, 7) is 0. The molecule has 0 aliphatic carbocycles. The molecule has 28 heavy (non-hydrogen) atoms. The lowest BCUT2D eigenvalue weighted by Crippen LogP contribution is -2.18. The number of nitrogens with two attached hydrogens (primary N) is 1. The van der Waals surface area contributed by atoms with E-state index in [1.54, 1.807) is 0 Å². The van der Waals surface area contributed by atoms with Crippen molar-refractivity contribution >= 4 is 17.5 Å². The van der Waals surface area contributed by atoms with Gasteiger partial charge in [-0.3, -0.25) is 9.48 Å². The molecule has 1 aromatic heterocycles. The lowest BCUT2D eigenvalue weighted by molar-refractivity contribution is -0.141. The Balaban J connectivity index is 2.39. The molecule has 0 radical (unpaired) electrons. The van der Waals surface area contributed by atoms with Crippen LogP contribution in [0.3, 0.4) is 0 Å². The van der Waals surface area contributed by atoms with E-state index in [2.05, 4.69) is 5.10 Å². The minimum atomic E-state index is -4.98. The van der Waals surface area contributed by atoms with Crippen molar-refractivity contribution in [1.82, 2.24) is 9.78 Å². The summed E-state index contributed by atoms with van der Waals surface area (Å²) in [5.74, 6) is -3.06. The van der Waals surface area contributed by atoms with Gasteiger partial charge in [-0.25, -0.2) is 8.78 Å². The largest absolute Gasteiger partial charge is 0.435 e. The van der Waals surface area contributed by atoms with Gasteiger partial charge in [0.15, 0.2) is 5.69 Å². The van der Waals surface area contributed by atoms with Crippen LogP contribution < -0.4 is 5.73 Å². The fraction of sp³-hybridized carbons (Fsp3) is 0.111. The summed E-state index contributed by atoms with van der Waals surface area (Å²) in [7, 11) is 1.13. The molecule has 0 fully saturated rings. The second-order valence-corrected chi connectivity index (χ2v) is 6.26. The number of halogens is 6. The topological polar surface area (TPSA) is 60.9 Å². The van der Waals surface area contributed by atoms with E-state index in [1.807, 2.05) is 0 Å². The minimum absolute atomic E-state index is 0.0844. The van der Waals surface area contributed by atoms with Crippen molar-refractivity contribution in [3.05, 3.63) is 64.3 Å². The molecule has 0 bridgehead atoms. The predicted octanol–water partition coefficient (Wildman–Crippen LogP) is 4.80. The van der Waals surface area contributed by atoms with E-state index in [4.69, 9.17) is 17.3 Å². The number of benzene rings is 2. The monoisotopic (exact) mass is 415 g/mol. The first-order chi connectivity index (χ1) is 13.0. The molecule has 1 amide bonds. The fourth-order valence-electron chi connectivity index (χ4n) is 2.91. The second kappa shape index (κ2) is 6.90. The molecule has 2 aromatic carbocycles. The highest BCUT2D eigenvalue weighted by Gasteiger charge is 2.41. The van der Waals surface area contributed by atoms with Gasteiger partial charge in [0.1, 0.15) is 11.6 Å². The number of carbonyl (C=O) groups is 1. The summed E-state index contributed by atoms with van der Waals surface area (Å²) in [5, 5.41) is 3.06. The molecule has 146 valence electrons. The van der Waals surface area contributed by atoms with E-state index in [1.165, 1.54) is 24.3 Å². The summed E-state index contributed by atoms with van der Waals surface area (Å²) in [6.07, 6.45) is -4.98. The Bertz CT molecular complexity index is 1090. The minimum Gasteiger partial charge on any atom is -0.365 e. The fourth-order valence-corrected chi connectivity index (χ4v) is 3.09. The van der Waals surface area contributed by atoms with E-state index in [9.17, 15) is 26.7 Å². The van der Waals surface area contributed by atoms with Crippen molar-refractivity contribution in [2.75, 3.05) is 0 Å². The van der Waals surface area contributed by atoms with Gasteiger partial charge >= 0.3 is 6.18 Å². The van der Waals surface area contributed by atoms with Crippen LogP contribution in [0.2, 0.25) is 5.02 Å². The highest BCUT2D eigenvalue weighted by atomic mass is 35.5. The highest BCUT2D eigenvalue weighted by molar-refractivity contribution is 6.31. The SMILES string of the molecule is Cn1nc(C(F)(F)F)c(C(N)=O)c1-c1c(F)cccc1-c1ccc(F)c(Cl)c1. The Morgan fingerprint density at radius 1 is 1.14 bits per heavy atom. The van der Waals surface area contributed by atoms with E-state index in [0.29, 0.717) is 0 Å². The third kappa shape index (κ3) is 3.33. The number of hydrogen-bond donors (Lipinski definition) is 1. The third-order valence-corrected chi connectivity index (χ3v) is 4.33. The van der Waals surface area contributed by atoms with Crippen LogP contribution in [0.4, 0.5) is 22.0 Å². The summed E-state index contributed by atoms with van der Waals surface area (Å²) >= 11 is 5.77. The van der Waals surface area contributed by atoms with Crippen molar-refractivity contribution in [3.8, 4) is 22.4 Å². The molecule has 0 saturated carbocycles. The summed E-state index contributed by atoms with van der Waals surface area (Å²) in [4.78, 5) is 11.8. The summed E-state index contributed by atoms with van der Waals surface area (Å²) in [6, 6.07) is 7.23. The molecule has 3 rings (SSSR count). The second-order valence-electron chi connectivity index (χ2n) is 5.85. The first-order valence-electron chi connectivity index (χ1n) is 7.70. The Hall–Kier alpha value is -2.94. The first-order valence-corrected chi connectivity index (χ1v) is 8.08. The Morgan fingerprint density at radius 3 is 2.39 bits per heavy atom. The zero-order valence-corrected chi connectivity index (χ0v) is 14.9. The number of hydrogen-bond acceptors (Lipinski definition) is 2. The molecule has 0 unspecified atom stereocenters. The number of alkyl halides is 3. The van der Waals surface area contributed by atoms with Crippen LogP contribution in [-0.2, 0) is 13.2 Å². The lowest BCUT2D eigenvalue weighted by Gasteiger charge is -2.13. The van der Waals surface area contributed by atoms with E-state index >= 15 is 0 Å². The molecule has 4 nitrogen and oxygen atoms in total.